The minimum Gasteiger partial charge on any atom is -0.475 e. The maximum absolute atomic E-state index is 5.48. The molecule has 2 N–H and O–H groups in total. The summed E-state index contributed by atoms with van der Waals surface area (Å²) in [4.78, 5) is 11.4. The molecule has 0 fully saturated rings. The molecule has 0 aromatic carbocycles. The number of hydrogen-bond acceptors (Lipinski definition) is 5. The molecule has 7 heteroatoms. The minimum atomic E-state index is 0.499. The van der Waals surface area contributed by atoms with Crippen LogP contribution in [0, 0.1) is 0 Å². The van der Waals surface area contributed by atoms with Gasteiger partial charge in [0.05, 0.1) is 13.2 Å². The molecule has 1 aromatic rings. The molecule has 1 heterocycles. The van der Waals surface area contributed by atoms with Crippen LogP contribution in [0.15, 0.2) is 23.3 Å². The monoisotopic (exact) mass is 379 g/mol. The Hall–Kier alpha value is -1.86. The highest BCUT2D eigenvalue weighted by molar-refractivity contribution is 5.79. The van der Waals surface area contributed by atoms with Gasteiger partial charge in [-0.25, -0.2) is 9.98 Å². The van der Waals surface area contributed by atoms with Gasteiger partial charge >= 0.3 is 0 Å². The van der Waals surface area contributed by atoms with Gasteiger partial charge in [-0.3, -0.25) is 4.90 Å². The van der Waals surface area contributed by atoms with Crippen LogP contribution in [0.1, 0.15) is 40.2 Å². The highest BCUT2D eigenvalue weighted by atomic mass is 16.5. The van der Waals surface area contributed by atoms with Gasteiger partial charge in [-0.15, -0.1) is 0 Å². The number of aromatic nitrogens is 1. The van der Waals surface area contributed by atoms with Crippen molar-refractivity contribution in [3.8, 4) is 5.88 Å². The van der Waals surface area contributed by atoms with Gasteiger partial charge in [0.25, 0.3) is 0 Å². The first kappa shape index (κ1) is 23.2. The largest absolute Gasteiger partial charge is 0.475 e. The van der Waals surface area contributed by atoms with Gasteiger partial charge < -0.3 is 20.1 Å². The molecule has 1 aromatic heterocycles. The maximum Gasteiger partial charge on any atom is 0.213 e. The molecule has 0 bridgehead atoms. The molecule has 0 unspecified atom stereocenters. The average Bonchev–Trinajstić information content (AvgIpc) is 2.63. The predicted octanol–water partition coefficient (Wildman–Crippen LogP) is 2.28. The van der Waals surface area contributed by atoms with E-state index in [-0.39, 0.29) is 0 Å². The van der Waals surface area contributed by atoms with Gasteiger partial charge in [0.15, 0.2) is 5.96 Å². The van der Waals surface area contributed by atoms with Crippen molar-refractivity contribution in [1.82, 2.24) is 20.5 Å². The molecule has 7 nitrogen and oxygen atoms in total. The van der Waals surface area contributed by atoms with E-state index in [1.165, 1.54) is 0 Å². The first-order valence-electron chi connectivity index (χ1n) is 9.82. The van der Waals surface area contributed by atoms with E-state index in [1.54, 1.807) is 13.3 Å². The summed E-state index contributed by atoms with van der Waals surface area (Å²) < 4.78 is 10.4. The van der Waals surface area contributed by atoms with E-state index in [1.807, 2.05) is 12.1 Å². The molecule has 0 saturated carbocycles. The molecule has 0 aliphatic carbocycles. The van der Waals surface area contributed by atoms with E-state index in [2.05, 4.69) is 60.1 Å². The molecule has 0 atom stereocenters. The molecule has 0 radical (unpaired) electrons. The molecular formula is C20H37N5O2. The SMILES string of the molecule is CCNC(=NCc1ccc(OCCOC)nc1)NCCN(C(C)C)C(C)C. The fraction of sp³-hybridized carbons (Fsp3) is 0.700. The van der Waals surface area contributed by atoms with E-state index < -0.39 is 0 Å². The third kappa shape index (κ3) is 9.58. The Balaban J connectivity index is 2.52. The minimum absolute atomic E-state index is 0.499. The van der Waals surface area contributed by atoms with E-state index in [9.17, 15) is 0 Å². The van der Waals surface area contributed by atoms with Crippen LogP contribution in [0.3, 0.4) is 0 Å². The summed E-state index contributed by atoms with van der Waals surface area (Å²) >= 11 is 0. The Labute approximate surface area is 164 Å². The third-order valence-corrected chi connectivity index (χ3v) is 4.09. The van der Waals surface area contributed by atoms with E-state index in [4.69, 9.17) is 9.47 Å². The van der Waals surface area contributed by atoms with Crippen LogP contribution in [0.25, 0.3) is 0 Å². The zero-order chi connectivity index (χ0) is 20.1. The Morgan fingerprint density at radius 3 is 2.44 bits per heavy atom. The van der Waals surface area contributed by atoms with Crippen LogP contribution in [-0.2, 0) is 11.3 Å². The molecule has 27 heavy (non-hydrogen) atoms. The average molecular weight is 380 g/mol. The molecule has 0 saturated heterocycles. The fourth-order valence-corrected chi connectivity index (χ4v) is 2.75. The normalized spacial score (nSPS) is 12.1. The van der Waals surface area contributed by atoms with Crippen molar-refractivity contribution < 1.29 is 9.47 Å². The van der Waals surface area contributed by atoms with Crippen LogP contribution >= 0.6 is 0 Å². The quantitative estimate of drug-likeness (QED) is 0.330. The summed E-state index contributed by atoms with van der Waals surface area (Å²) in [5.74, 6) is 1.43. The third-order valence-electron chi connectivity index (χ3n) is 4.09. The van der Waals surface area contributed by atoms with Crippen molar-refractivity contribution in [2.75, 3.05) is 40.0 Å². The molecule has 1 rings (SSSR count). The summed E-state index contributed by atoms with van der Waals surface area (Å²) in [6.07, 6.45) is 1.80. The second-order valence-electron chi connectivity index (χ2n) is 6.89. The lowest BCUT2D eigenvalue weighted by Crippen LogP contribution is -2.45. The summed E-state index contributed by atoms with van der Waals surface area (Å²) in [7, 11) is 1.65. The van der Waals surface area contributed by atoms with Gasteiger partial charge in [0.1, 0.15) is 6.61 Å². The number of aliphatic imine (C=N–C) groups is 1. The highest BCUT2D eigenvalue weighted by Crippen LogP contribution is 2.08. The van der Waals surface area contributed by atoms with Crippen molar-refractivity contribution in [3.05, 3.63) is 23.9 Å². The predicted molar refractivity (Wildman–Crippen MR) is 111 cm³/mol. The van der Waals surface area contributed by atoms with Crippen molar-refractivity contribution in [2.24, 2.45) is 4.99 Å². The number of guanidine groups is 1. The first-order chi connectivity index (χ1) is 13.0. The number of hydrogen-bond donors (Lipinski definition) is 2. The van der Waals surface area contributed by atoms with Crippen molar-refractivity contribution >= 4 is 5.96 Å². The number of ether oxygens (including phenoxy) is 2. The maximum atomic E-state index is 5.48. The van der Waals surface area contributed by atoms with Gasteiger partial charge in [0.2, 0.25) is 5.88 Å². The molecule has 154 valence electrons. The molecule has 0 aliphatic rings. The van der Waals surface area contributed by atoms with Crippen LogP contribution in [-0.4, -0.2) is 67.9 Å². The van der Waals surface area contributed by atoms with Gasteiger partial charge in [-0.05, 0) is 40.2 Å². The first-order valence-corrected chi connectivity index (χ1v) is 9.82. The fourth-order valence-electron chi connectivity index (χ4n) is 2.75. The van der Waals surface area contributed by atoms with Crippen molar-refractivity contribution in [3.63, 3.8) is 0 Å². The van der Waals surface area contributed by atoms with Crippen molar-refractivity contribution in [1.29, 1.82) is 0 Å². The Bertz CT molecular complexity index is 524. The number of methoxy groups -OCH3 is 1. The zero-order valence-corrected chi connectivity index (χ0v) is 17.8. The molecule has 0 amide bonds. The molecular weight excluding hydrogens is 342 g/mol. The summed E-state index contributed by atoms with van der Waals surface area (Å²) in [5.41, 5.74) is 1.04. The van der Waals surface area contributed by atoms with Crippen LogP contribution < -0.4 is 15.4 Å². The van der Waals surface area contributed by atoms with Crippen molar-refractivity contribution in [2.45, 2.75) is 53.2 Å². The second-order valence-corrected chi connectivity index (χ2v) is 6.89. The van der Waals surface area contributed by atoms with Crippen LogP contribution in [0.2, 0.25) is 0 Å². The second kappa shape index (κ2) is 13.3. The van der Waals surface area contributed by atoms with Crippen LogP contribution in [0.4, 0.5) is 0 Å². The standard InChI is InChI=1S/C20H37N5O2/c1-7-21-20(22-10-11-25(16(2)3)17(4)5)24-15-18-8-9-19(23-14-18)27-13-12-26-6/h8-9,14,16-17H,7,10-13,15H2,1-6H3,(H2,21,22,24). The van der Waals surface area contributed by atoms with Crippen LogP contribution in [0.5, 0.6) is 5.88 Å². The molecule has 0 aliphatic heterocycles. The summed E-state index contributed by atoms with van der Waals surface area (Å²) in [6.45, 7) is 15.3. The number of pyridine rings is 1. The smallest absolute Gasteiger partial charge is 0.213 e. The van der Waals surface area contributed by atoms with Gasteiger partial charge in [-0.1, -0.05) is 6.07 Å². The number of rotatable bonds is 12. The topological polar surface area (TPSA) is 71.0 Å². The Kier molecular flexibility index (Phi) is 11.4. The molecule has 0 spiro atoms. The van der Waals surface area contributed by atoms with Gasteiger partial charge in [-0.2, -0.15) is 0 Å². The number of nitrogens with one attached hydrogen (secondary N) is 2. The summed E-state index contributed by atoms with van der Waals surface area (Å²) in [6, 6.07) is 4.91. The number of nitrogens with zero attached hydrogens (tertiary/aromatic N) is 3. The Morgan fingerprint density at radius 2 is 1.89 bits per heavy atom. The lowest BCUT2D eigenvalue weighted by Gasteiger charge is -2.30. The lowest BCUT2D eigenvalue weighted by atomic mass is 10.2. The van der Waals surface area contributed by atoms with E-state index in [0.29, 0.717) is 37.7 Å². The van der Waals surface area contributed by atoms with E-state index >= 15 is 0 Å². The Morgan fingerprint density at radius 1 is 1.15 bits per heavy atom. The zero-order valence-electron chi connectivity index (χ0n) is 17.8. The summed E-state index contributed by atoms with van der Waals surface area (Å²) in [5, 5.41) is 6.71. The van der Waals surface area contributed by atoms with Gasteiger partial charge in [0, 0.05) is 51.1 Å². The highest BCUT2D eigenvalue weighted by Gasteiger charge is 2.12. The van der Waals surface area contributed by atoms with E-state index in [0.717, 1.165) is 31.2 Å². The lowest BCUT2D eigenvalue weighted by molar-refractivity contribution is 0.143.